The Hall–Kier alpha value is -1.14. The number of pyridine rings is 1. The zero-order valence-electron chi connectivity index (χ0n) is 11.2. The number of nitrogens with one attached hydrogen (secondary N) is 1. The van der Waals surface area contributed by atoms with Crippen molar-refractivity contribution in [3.05, 3.63) is 18.3 Å². The second-order valence-corrected chi connectivity index (χ2v) is 6.83. The van der Waals surface area contributed by atoms with Crippen LogP contribution in [0.3, 0.4) is 0 Å². The molecule has 0 amide bonds. The molecular formula is C13H21N3O2S. The van der Waals surface area contributed by atoms with Crippen LogP contribution in [0.15, 0.2) is 23.2 Å². The smallest absolute Gasteiger partial charge is 0.244 e. The lowest BCUT2D eigenvalue weighted by molar-refractivity contribution is 0.301. The van der Waals surface area contributed by atoms with Crippen LogP contribution < -0.4 is 10.5 Å². The van der Waals surface area contributed by atoms with Crippen LogP contribution in [0.5, 0.6) is 0 Å². The van der Waals surface area contributed by atoms with Crippen molar-refractivity contribution in [3.8, 4) is 0 Å². The third kappa shape index (κ3) is 3.45. The van der Waals surface area contributed by atoms with Gasteiger partial charge in [0, 0.05) is 12.2 Å². The Kier molecular flexibility index (Phi) is 4.42. The monoisotopic (exact) mass is 283 g/mol. The number of rotatable bonds is 4. The highest BCUT2D eigenvalue weighted by Crippen LogP contribution is 2.28. The summed E-state index contributed by atoms with van der Waals surface area (Å²) in [6.45, 7) is 2.15. The Morgan fingerprint density at radius 2 is 2.26 bits per heavy atom. The van der Waals surface area contributed by atoms with Gasteiger partial charge < -0.3 is 5.73 Å². The highest BCUT2D eigenvalue weighted by Gasteiger charge is 2.26. The highest BCUT2D eigenvalue weighted by molar-refractivity contribution is 7.89. The molecule has 1 fully saturated rings. The molecule has 6 heteroatoms. The quantitative estimate of drug-likeness (QED) is 0.884. The summed E-state index contributed by atoms with van der Waals surface area (Å²) in [5.74, 6) is 0.672. The molecule has 3 N–H and O–H groups in total. The van der Waals surface area contributed by atoms with E-state index in [1.807, 2.05) is 0 Å². The average Bonchev–Trinajstić information content (AvgIpc) is 2.38. The Labute approximate surface area is 114 Å². The maximum absolute atomic E-state index is 12.3. The lowest BCUT2D eigenvalue weighted by Crippen LogP contribution is -2.38. The third-order valence-corrected chi connectivity index (χ3v) is 5.34. The fourth-order valence-corrected chi connectivity index (χ4v) is 4.05. The second-order valence-electron chi connectivity index (χ2n) is 5.15. The first-order valence-electron chi connectivity index (χ1n) is 6.75. The van der Waals surface area contributed by atoms with Crippen molar-refractivity contribution in [2.24, 2.45) is 5.92 Å². The van der Waals surface area contributed by atoms with Gasteiger partial charge in [-0.2, -0.15) is 0 Å². The minimum atomic E-state index is -3.56. The van der Waals surface area contributed by atoms with E-state index in [4.69, 9.17) is 5.73 Å². The summed E-state index contributed by atoms with van der Waals surface area (Å²) >= 11 is 0. The summed E-state index contributed by atoms with van der Waals surface area (Å²) in [6, 6.07) is 3.09. The number of hydrogen-bond acceptors (Lipinski definition) is 4. The lowest BCUT2D eigenvalue weighted by Gasteiger charge is -2.28. The standard InChI is InChI=1S/C13H21N3O2S/c1-2-10-5-3-6-11(9-10)16-19(17,18)12-7-4-8-15-13(12)14/h4,7-8,10-11,16H,2-3,5-6,9H2,1H3,(H2,14,15). The van der Waals surface area contributed by atoms with Crippen LogP contribution in [0, 0.1) is 5.92 Å². The molecule has 106 valence electrons. The first-order chi connectivity index (χ1) is 9.03. The van der Waals surface area contributed by atoms with E-state index in [0.717, 1.165) is 25.7 Å². The molecule has 0 bridgehead atoms. The summed E-state index contributed by atoms with van der Waals surface area (Å²) in [7, 11) is -3.56. The summed E-state index contributed by atoms with van der Waals surface area (Å²) in [4.78, 5) is 3.91. The zero-order valence-corrected chi connectivity index (χ0v) is 12.0. The van der Waals surface area contributed by atoms with Gasteiger partial charge in [-0.25, -0.2) is 18.1 Å². The van der Waals surface area contributed by atoms with Gasteiger partial charge in [0.25, 0.3) is 0 Å². The Morgan fingerprint density at radius 1 is 1.47 bits per heavy atom. The van der Waals surface area contributed by atoms with Crippen LogP contribution in [0.4, 0.5) is 5.82 Å². The molecule has 2 rings (SSSR count). The van der Waals surface area contributed by atoms with Crippen molar-refractivity contribution in [3.63, 3.8) is 0 Å². The van der Waals surface area contributed by atoms with Crippen molar-refractivity contribution in [2.75, 3.05) is 5.73 Å². The molecule has 2 atom stereocenters. The summed E-state index contributed by atoms with van der Waals surface area (Å²) < 4.78 is 27.3. The summed E-state index contributed by atoms with van der Waals surface area (Å²) in [5.41, 5.74) is 5.63. The first kappa shape index (κ1) is 14.3. The van der Waals surface area contributed by atoms with Gasteiger partial charge in [0.1, 0.15) is 10.7 Å². The number of sulfonamides is 1. The van der Waals surface area contributed by atoms with Gasteiger partial charge in [-0.05, 0) is 30.9 Å². The maximum atomic E-state index is 12.3. The summed E-state index contributed by atoms with van der Waals surface area (Å²) in [6.07, 6.45) is 6.68. The normalized spacial score (nSPS) is 24.3. The minimum absolute atomic E-state index is 0.0170. The number of anilines is 1. The van der Waals surface area contributed by atoms with Crippen LogP contribution in [-0.2, 0) is 10.0 Å². The van der Waals surface area contributed by atoms with Crippen LogP contribution in [0.1, 0.15) is 39.0 Å². The van der Waals surface area contributed by atoms with E-state index in [0.29, 0.717) is 5.92 Å². The predicted molar refractivity (Wildman–Crippen MR) is 75.0 cm³/mol. The number of nitrogen functional groups attached to an aromatic ring is 1. The van der Waals surface area contributed by atoms with Gasteiger partial charge in [-0.1, -0.05) is 26.2 Å². The van der Waals surface area contributed by atoms with E-state index in [9.17, 15) is 8.42 Å². The molecule has 1 saturated carbocycles. The van der Waals surface area contributed by atoms with Gasteiger partial charge in [0.2, 0.25) is 10.0 Å². The average molecular weight is 283 g/mol. The molecular weight excluding hydrogens is 262 g/mol. The van der Waals surface area contributed by atoms with Crippen LogP contribution >= 0.6 is 0 Å². The SMILES string of the molecule is CCC1CCCC(NS(=O)(=O)c2cccnc2N)C1. The van der Waals surface area contributed by atoms with Crippen LogP contribution in [0.25, 0.3) is 0 Å². The van der Waals surface area contributed by atoms with Crippen LogP contribution in [-0.4, -0.2) is 19.4 Å². The number of nitrogens with two attached hydrogens (primary N) is 1. The molecule has 1 aliphatic rings. The maximum Gasteiger partial charge on any atom is 0.244 e. The van der Waals surface area contributed by atoms with Crippen molar-refractivity contribution in [1.29, 1.82) is 0 Å². The van der Waals surface area contributed by atoms with E-state index in [2.05, 4.69) is 16.6 Å². The first-order valence-corrected chi connectivity index (χ1v) is 8.24. The Balaban J connectivity index is 2.11. The molecule has 0 spiro atoms. The van der Waals surface area contributed by atoms with Crippen LogP contribution in [0.2, 0.25) is 0 Å². The molecule has 5 nitrogen and oxygen atoms in total. The van der Waals surface area contributed by atoms with Gasteiger partial charge in [0.15, 0.2) is 0 Å². The number of aromatic nitrogens is 1. The van der Waals surface area contributed by atoms with E-state index >= 15 is 0 Å². The van der Waals surface area contributed by atoms with Crippen molar-refractivity contribution in [2.45, 2.75) is 50.0 Å². The van der Waals surface area contributed by atoms with Gasteiger partial charge in [-0.15, -0.1) is 0 Å². The highest BCUT2D eigenvalue weighted by atomic mass is 32.2. The molecule has 19 heavy (non-hydrogen) atoms. The Morgan fingerprint density at radius 3 is 2.95 bits per heavy atom. The molecule has 0 radical (unpaired) electrons. The molecule has 1 aromatic rings. The molecule has 1 aliphatic carbocycles. The molecule has 1 heterocycles. The fraction of sp³-hybridized carbons (Fsp3) is 0.615. The van der Waals surface area contributed by atoms with Crippen molar-refractivity contribution >= 4 is 15.8 Å². The van der Waals surface area contributed by atoms with Crippen molar-refractivity contribution in [1.82, 2.24) is 9.71 Å². The zero-order chi connectivity index (χ0) is 13.9. The Bertz CT molecular complexity index is 530. The molecule has 1 aromatic heterocycles. The number of nitrogens with zero attached hydrogens (tertiary/aromatic N) is 1. The van der Waals surface area contributed by atoms with E-state index in [1.54, 1.807) is 6.07 Å². The predicted octanol–water partition coefficient (Wildman–Crippen LogP) is 1.91. The van der Waals surface area contributed by atoms with Gasteiger partial charge in [0.05, 0.1) is 0 Å². The van der Waals surface area contributed by atoms with Gasteiger partial charge >= 0.3 is 0 Å². The number of hydrogen-bond donors (Lipinski definition) is 2. The van der Waals surface area contributed by atoms with Crippen molar-refractivity contribution < 1.29 is 8.42 Å². The van der Waals surface area contributed by atoms with E-state index in [1.165, 1.54) is 18.7 Å². The van der Waals surface area contributed by atoms with E-state index in [-0.39, 0.29) is 16.8 Å². The fourth-order valence-electron chi connectivity index (χ4n) is 2.68. The third-order valence-electron chi connectivity index (χ3n) is 3.77. The lowest BCUT2D eigenvalue weighted by atomic mass is 9.85. The molecule has 0 aromatic carbocycles. The second kappa shape index (κ2) is 5.88. The molecule has 2 unspecified atom stereocenters. The largest absolute Gasteiger partial charge is 0.383 e. The molecule has 0 saturated heterocycles. The van der Waals surface area contributed by atoms with Gasteiger partial charge in [-0.3, -0.25) is 0 Å². The summed E-state index contributed by atoms with van der Waals surface area (Å²) in [5, 5.41) is 0. The van der Waals surface area contributed by atoms with E-state index < -0.39 is 10.0 Å². The topological polar surface area (TPSA) is 85.1 Å². The molecule has 0 aliphatic heterocycles. The minimum Gasteiger partial charge on any atom is -0.383 e.